The SMILES string of the molecule is CC(C)COC(=O)N1CCN(c2ncnc3c2oc2ccccc23)CC1. The standard InChI is InChI=1S/C19H22N4O3/c1-13(2)11-25-19(24)23-9-7-22(8-10-23)18-17-16(20-12-21-18)14-5-3-4-6-15(14)26-17/h3-6,12-13H,7-11H2,1-2H3. The fourth-order valence-electron chi connectivity index (χ4n) is 3.17. The number of fused-ring (bicyclic) bond motifs is 3. The summed E-state index contributed by atoms with van der Waals surface area (Å²) in [4.78, 5) is 24.8. The van der Waals surface area contributed by atoms with Crippen molar-refractivity contribution in [3.8, 4) is 0 Å². The van der Waals surface area contributed by atoms with E-state index in [-0.39, 0.29) is 6.09 Å². The normalized spacial score (nSPS) is 15.2. The van der Waals surface area contributed by atoms with Gasteiger partial charge in [-0.2, -0.15) is 0 Å². The molecule has 0 aliphatic carbocycles. The van der Waals surface area contributed by atoms with Crippen LogP contribution in [0.1, 0.15) is 13.8 Å². The van der Waals surface area contributed by atoms with Crippen molar-refractivity contribution < 1.29 is 13.9 Å². The van der Waals surface area contributed by atoms with Crippen molar-refractivity contribution in [2.24, 2.45) is 5.92 Å². The minimum atomic E-state index is -0.241. The number of benzene rings is 1. The van der Waals surface area contributed by atoms with Gasteiger partial charge in [-0.25, -0.2) is 14.8 Å². The van der Waals surface area contributed by atoms with Crippen LogP contribution in [0.5, 0.6) is 0 Å². The number of piperazine rings is 1. The van der Waals surface area contributed by atoms with Gasteiger partial charge in [0.15, 0.2) is 11.4 Å². The van der Waals surface area contributed by atoms with Crippen LogP contribution in [-0.2, 0) is 4.74 Å². The number of aromatic nitrogens is 2. The van der Waals surface area contributed by atoms with Gasteiger partial charge in [0.05, 0.1) is 6.61 Å². The van der Waals surface area contributed by atoms with Crippen LogP contribution in [-0.4, -0.2) is 53.7 Å². The predicted octanol–water partition coefficient (Wildman–Crippen LogP) is 3.29. The summed E-state index contributed by atoms with van der Waals surface area (Å²) in [6.07, 6.45) is 1.33. The van der Waals surface area contributed by atoms with E-state index in [9.17, 15) is 4.79 Å². The molecule has 0 radical (unpaired) electrons. The number of nitrogens with zero attached hydrogens (tertiary/aromatic N) is 4. The summed E-state index contributed by atoms with van der Waals surface area (Å²) in [5.41, 5.74) is 2.33. The molecule has 0 spiro atoms. The van der Waals surface area contributed by atoms with E-state index < -0.39 is 0 Å². The Morgan fingerprint density at radius 2 is 1.96 bits per heavy atom. The van der Waals surface area contributed by atoms with Gasteiger partial charge in [0.25, 0.3) is 0 Å². The Hall–Kier alpha value is -2.83. The minimum Gasteiger partial charge on any atom is -0.450 e. The topological polar surface area (TPSA) is 71.7 Å². The predicted molar refractivity (Wildman–Crippen MR) is 99.3 cm³/mol. The number of furan rings is 1. The molecule has 0 N–H and O–H groups in total. The smallest absolute Gasteiger partial charge is 0.409 e. The summed E-state index contributed by atoms with van der Waals surface area (Å²) >= 11 is 0. The molecule has 1 aliphatic rings. The van der Waals surface area contributed by atoms with Crippen LogP contribution in [0, 0.1) is 5.92 Å². The van der Waals surface area contributed by atoms with Crippen LogP contribution >= 0.6 is 0 Å². The lowest BCUT2D eigenvalue weighted by Gasteiger charge is -2.34. The third-order valence-corrected chi connectivity index (χ3v) is 4.52. The van der Waals surface area contributed by atoms with Crippen LogP contribution in [0.3, 0.4) is 0 Å². The van der Waals surface area contributed by atoms with E-state index in [4.69, 9.17) is 9.15 Å². The Bertz CT molecular complexity index is 929. The first-order valence-electron chi connectivity index (χ1n) is 8.92. The lowest BCUT2D eigenvalue weighted by atomic mass is 10.2. The maximum Gasteiger partial charge on any atom is 0.409 e. The molecular weight excluding hydrogens is 332 g/mol. The van der Waals surface area contributed by atoms with E-state index in [2.05, 4.69) is 14.9 Å². The minimum absolute atomic E-state index is 0.241. The van der Waals surface area contributed by atoms with Gasteiger partial charge < -0.3 is 19.0 Å². The lowest BCUT2D eigenvalue weighted by molar-refractivity contribution is 0.0901. The van der Waals surface area contributed by atoms with Crippen molar-refractivity contribution in [1.29, 1.82) is 0 Å². The van der Waals surface area contributed by atoms with Crippen LogP contribution in [0.4, 0.5) is 10.6 Å². The van der Waals surface area contributed by atoms with E-state index in [0.29, 0.717) is 44.3 Å². The molecule has 1 amide bonds. The summed E-state index contributed by atoms with van der Waals surface area (Å²) in [6, 6.07) is 7.85. The highest BCUT2D eigenvalue weighted by atomic mass is 16.6. The monoisotopic (exact) mass is 354 g/mol. The molecule has 1 aliphatic heterocycles. The quantitative estimate of drug-likeness (QED) is 0.719. The van der Waals surface area contributed by atoms with E-state index in [1.165, 1.54) is 0 Å². The Morgan fingerprint density at radius 1 is 1.19 bits per heavy atom. The molecule has 7 nitrogen and oxygen atoms in total. The molecule has 3 aromatic rings. The second-order valence-corrected chi connectivity index (χ2v) is 6.92. The Balaban J connectivity index is 1.52. The number of hydrogen-bond acceptors (Lipinski definition) is 6. The molecular formula is C19H22N4O3. The second-order valence-electron chi connectivity index (χ2n) is 6.92. The summed E-state index contributed by atoms with van der Waals surface area (Å²) in [7, 11) is 0. The zero-order valence-electron chi connectivity index (χ0n) is 15.0. The molecule has 0 bridgehead atoms. The zero-order chi connectivity index (χ0) is 18.1. The van der Waals surface area contributed by atoms with E-state index in [1.807, 2.05) is 38.1 Å². The molecule has 0 unspecified atom stereocenters. The third-order valence-electron chi connectivity index (χ3n) is 4.52. The van der Waals surface area contributed by atoms with Gasteiger partial charge in [-0.05, 0) is 18.1 Å². The number of carbonyl (C=O) groups excluding carboxylic acids is 1. The Kier molecular flexibility index (Phi) is 4.36. The van der Waals surface area contributed by atoms with Crippen molar-refractivity contribution in [1.82, 2.24) is 14.9 Å². The highest BCUT2D eigenvalue weighted by Crippen LogP contribution is 2.32. The molecule has 26 heavy (non-hydrogen) atoms. The average molecular weight is 354 g/mol. The molecule has 7 heteroatoms. The highest BCUT2D eigenvalue weighted by Gasteiger charge is 2.25. The third kappa shape index (κ3) is 3.05. The summed E-state index contributed by atoms with van der Waals surface area (Å²) in [6.45, 7) is 7.06. The zero-order valence-corrected chi connectivity index (χ0v) is 15.0. The lowest BCUT2D eigenvalue weighted by Crippen LogP contribution is -2.49. The fourth-order valence-corrected chi connectivity index (χ4v) is 3.17. The largest absolute Gasteiger partial charge is 0.450 e. The molecule has 0 saturated carbocycles. The van der Waals surface area contributed by atoms with Crippen LogP contribution in [0.2, 0.25) is 0 Å². The number of carbonyl (C=O) groups is 1. The van der Waals surface area contributed by atoms with Gasteiger partial charge in [0, 0.05) is 31.6 Å². The molecule has 1 aromatic carbocycles. The fraction of sp³-hybridized carbons (Fsp3) is 0.421. The van der Waals surface area contributed by atoms with Crippen LogP contribution in [0.15, 0.2) is 35.0 Å². The Labute approximate surface area is 151 Å². The number of para-hydroxylation sites is 1. The van der Waals surface area contributed by atoms with Crippen molar-refractivity contribution >= 4 is 34.0 Å². The van der Waals surface area contributed by atoms with E-state index in [0.717, 1.165) is 22.3 Å². The number of amides is 1. The van der Waals surface area contributed by atoms with Gasteiger partial charge in [0.2, 0.25) is 0 Å². The number of hydrogen-bond donors (Lipinski definition) is 0. The molecule has 0 atom stereocenters. The molecule has 4 rings (SSSR count). The summed E-state index contributed by atoms with van der Waals surface area (Å²) in [5, 5.41) is 0.988. The first kappa shape index (κ1) is 16.6. The van der Waals surface area contributed by atoms with Crippen molar-refractivity contribution in [2.45, 2.75) is 13.8 Å². The van der Waals surface area contributed by atoms with Gasteiger partial charge >= 0.3 is 6.09 Å². The van der Waals surface area contributed by atoms with E-state index >= 15 is 0 Å². The van der Waals surface area contributed by atoms with Gasteiger partial charge in [-0.3, -0.25) is 0 Å². The molecule has 1 saturated heterocycles. The van der Waals surface area contributed by atoms with Crippen molar-refractivity contribution in [2.75, 3.05) is 37.7 Å². The van der Waals surface area contributed by atoms with Gasteiger partial charge in [-0.1, -0.05) is 26.0 Å². The van der Waals surface area contributed by atoms with Crippen molar-refractivity contribution in [3.63, 3.8) is 0 Å². The van der Waals surface area contributed by atoms with Crippen molar-refractivity contribution in [3.05, 3.63) is 30.6 Å². The highest BCUT2D eigenvalue weighted by molar-refractivity contribution is 6.05. The first-order chi connectivity index (χ1) is 12.6. The summed E-state index contributed by atoms with van der Waals surface area (Å²) in [5.74, 6) is 1.11. The molecule has 136 valence electrons. The van der Waals surface area contributed by atoms with Gasteiger partial charge in [0.1, 0.15) is 17.4 Å². The van der Waals surface area contributed by atoms with E-state index in [1.54, 1.807) is 11.2 Å². The molecule has 1 fully saturated rings. The maximum absolute atomic E-state index is 12.1. The molecule has 2 aromatic heterocycles. The molecule has 3 heterocycles. The number of rotatable bonds is 3. The number of anilines is 1. The Morgan fingerprint density at radius 3 is 2.73 bits per heavy atom. The van der Waals surface area contributed by atoms with Gasteiger partial charge in [-0.15, -0.1) is 0 Å². The van der Waals surface area contributed by atoms with Crippen LogP contribution in [0.25, 0.3) is 22.1 Å². The second kappa shape index (κ2) is 6.82. The number of ether oxygens (including phenoxy) is 1. The van der Waals surface area contributed by atoms with Crippen LogP contribution < -0.4 is 4.90 Å². The average Bonchev–Trinajstić information content (AvgIpc) is 3.05. The first-order valence-corrected chi connectivity index (χ1v) is 8.92. The maximum atomic E-state index is 12.1. The summed E-state index contributed by atoms with van der Waals surface area (Å²) < 4.78 is 11.3.